The lowest BCUT2D eigenvalue weighted by atomic mass is 10.3. The number of rotatable bonds is 7. The molecule has 0 aromatic heterocycles. The number of sulfonamides is 1. The van der Waals surface area contributed by atoms with E-state index in [1.807, 2.05) is 0 Å². The summed E-state index contributed by atoms with van der Waals surface area (Å²) in [6, 6.07) is 1.64. The van der Waals surface area contributed by atoms with Crippen LogP contribution in [-0.2, 0) is 19.6 Å². The van der Waals surface area contributed by atoms with Crippen LogP contribution >= 0.6 is 0 Å². The van der Waals surface area contributed by atoms with Crippen molar-refractivity contribution in [1.82, 2.24) is 14.9 Å². The lowest BCUT2D eigenvalue weighted by molar-refractivity contribution is -0.895. The van der Waals surface area contributed by atoms with Gasteiger partial charge in [-0.25, -0.2) is 17.2 Å². The van der Waals surface area contributed by atoms with Crippen molar-refractivity contribution in [3.8, 4) is 0 Å². The predicted molar refractivity (Wildman–Crippen MR) is 97.0 cm³/mol. The standard InChI is InChI=1S/C17H24F2N4O4S/c1-3-20-17(25)12(2)21-16(24)11-22-6-8-23(9-7-22)28(26,27)15-10-13(18)4-5-14(15)19/h4-5,10,12H,3,6-9,11H2,1-2H3,(H,20,25)(H,21,24)/p+1/t12-/m1/s1. The molecule has 0 radical (unpaired) electrons. The summed E-state index contributed by atoms with van der Waals surface area (Å²) in [4.78, 5) is 23.9. The average Bonchev–Trinajstić information content (AvgIpc) is 2.64. The van der Waals surface area contributed by atoms with Gasteiger partial charge in [0.25, 0.3) is 5.91 Å². The molecule has 1 aliphatic rings. The Kier molecular flexibility index (Phi) is 7.44. The lowest BCUT2D eigenvalue weighted by Gasteiger charge is -2.31. The number of piperazine rings is 1. The van der Waals surface area contributed by atoms with Gasteiger partial charge in [-0.2, -0.15) is 4.31 Å². The number of carbonyl (C=O) groups is 2. The Morgan fingerprint density at radius 3 is 2.50 bits per heavy atom. The van der Waals surface area contributed by atoms with Crippen LogP contribution in [0.15, 0.2) is 23.1 Å². The predicted octanol–water partition coefficient (Wildman–Crippen LogP) is -1.51. The third-order valence-electron chi connectivity index (χ3n) is 4.47. The van der Waals surface area contributed by atoms with Crippen LogP contribution in [0.4, 0.5) is 8.78 Å². The topological polar surface area (TPSA) is 100 Å². The maximum Gasteiger partial charge on any atom is 0.275 e. The lowest BCUT2D eigenvalue weighted by Crippen LogP contribution is -3.15. The van der Waals surface area contributed by atoms with Gasteiger partial charge >= 0.3 is 0 Å². The number of halogens is 2. The van der Waals surface area contributed by atoms with Gasteiger partial charge in [0.1, 0.15) is 22.6 Å². The highest BCUT2D eigenvalue weighted by Crippen LogP contribution is 2.20. The quantitative estimate of drug-likeness (QED) is 0.501. The van der Waals surface area contributed by atoms with E-state index in [0.29, 0.717) is 25.7 Å². The summed E-state index contributed by atoms with van der Waals surface area (Å²) < 4.78 is 53.4. The number of nitrogens with one attached hydrogen (secondary N) is 3. The molecule has 2 amide bonds. The maximum atomic E-state index is 13.8. The molecule has 0 aliphatic carbocycles. The molecular formula is C17H25F2N4O4S+. The Morgan fingerprint density at radius 1 is 1.25 bits per heavy atom. The molecule has 1 atom stereocenters. The third-order valence-corrected chi connectivity index (χ3v) is 6.39. The van der Waals surface area contributed by atoms with Crippen molar-refractivity contribution in [3.63, 3.8) is 0 Å². The van der Waals surface area contributed by atoms with Gasteiger partial charge in [-0.05, 0) is 32.0 Å². The summed E-state index contributed by atoms with van der Waals surface area (Å²) in [5.74, 6) is -2.43. The van der Waals surface area contributed by atoms with Crippen molar-refractivity contribution in [1.29, 1.82) is 0 Å². The number of hydrogen-bond donors (Lipinski definition) is 3. The number of hydrogen-bond acceptors (Lipinski definition) is 4. The second kappa shape index (κ2) is 9.39. The smallest absolute Gasteiger partial charge is 0.275 e. The molecule has 1 saturated heterocycles. The second-order valence-electron chi connectivity index (χ2n) is 6.59. The molecule has 1 fully saturated rings. The molecule has 1 aromatic rings. The minimum Gasteiger partial charge on any atom is -0.355 e. The van der Waals surface area contributed by atoms with Crippen molar-refractivity contribution in [2.24, 2.45) is 0 Å². The van der Waals surface area contributed by atoms with E-state index >= 15 is 0 Å². The molecule has 0 bridgehead atoms. The highest BCUT2D eigenvalue weighted by molar-refractivity contribution is 7.89. The van der Waals surface area contributed by atoms with Crippen LogP contribution in [0.2, 0.25) is 0 Å². The fraction of sp³-hybridized carbons (Fsp3) is 0.529. The van der Waals surface area contributed by atoms with Gasteiger partial charge in [0.05, 0.1) is 26.2 Å². The number of quaternary nitrogens is 1. The van der Waals surface area contributed by atoms with E-state index in [0.717, 1.165) is 21.3 Å². The van der Waals surface area contributed by atoms with Crippen molar-refractivity contribution in [3.05, 3.63) is 29.8 Å². The van der Waals surface area contributed by atoms with E-state index in [2.05, 4.69) is 10.6 Å². The normalized spacial score (nSPS) is 17.1. The van der Waals surface area contributed by atoms with Crippen molar-refractivity contribution in [2.75, 3.05) is 39.3 Å². The van der Waals surface area contributed by atoms with E-state index in [9.17, 15) is 26.8 Å². The molecule has 11 heteroatoms. The molecule has 0 saturated carbocycles. The van der Waals surface area contributed by atoms with Crippen LogP contribution in [0.25, 0.3) is 0 Å². The zero-order valence-corrected chi connectivity index (χ0v) is 16.6. The summed E-state index contributed by atoms with van der Waals surface area (Å²) in [5.41, 5.74) is 0. The van der Waals surface area contributed by atoms with Crippen LogP contribution < -0.4 is 15.5 Å². The molecule has 0 spiro atoms. The SMILES string of the molecule is CCNC(=O)[C@@H](C)NC(=O)C[NH+]1CCN(S(=O)(=O)c2cc(F)ccc2F)CC1. The minimum atomic E-state index is -4.15. The monoisotopic (exact) mass is 419 g/mol. The minimum absolute atomic E-state index is 0.0762. The second-order valence-corrected chi connectivity index (χ2v) is 8.50. The van der Waals surface area contributed by atoms with Crippen molar-refractivity contribution in [2.45, 2.75) is 24.8 Å². The fourth-order valence-electron chi connectivity index (χ4n) is 2.95. The van der Waals surface area contributed by atoms with Gasteiger partial charge < -0.3 is 15.5 Å². The van der Waals surface area contributed by atoms with E-state index in [-0.39, 0.29) is 31.4 Å². The zero-order chi connectivity index (χ0) is 20.9. The highest BCUT2D eigenvalue weighted by atomic mass is 32.2. The summed E-state index contributed by atoms with van der Waals surface area (Å²) in [6.45, 7) is 4.73. The van der Waals surface area contributed by atoms with Gasteiger partial charge in [-0.15, -0.1) is 0 Å². The third kappa shape index (κ3) is 5.46. The molecule has 0 unspecified atom stereocenters. The fourth-order valence-corrected chi connectivity index (χ4v) is 4.46. The first-order valence-corrected chi connectivity index (χ1v) is 10.4. The molecule has 8 nitrogen and oxygen atoms in total. The Hall–Kier alpha value is -2.11. The summed E-state index contributed by atoms with van der Waals surface area (Å²) in [7, 11) is -4.15. The van der Waals surface area contributed by atoms with E-state index in [4.69, 9.17) is 0 Å². The van der Waals surface area contributed by atoms with E-state index < -0.39 is 32.6 Å². The molecule has 156 valence electrons. The van der Waals surface area contributed by atoms with Gasteiger partial charge in [-0.3, -0.25) is 9.59 Å². The maximum absolute atomic E-state index is 13.8. The Balaban J connectivity index is 1.91. The summed E-state index contributed by atoms with van der Waals surface area (Å²) >= 11 is 0. The highest BCUT2D eigenvalue weighted by Gasteiger charge is 2.33. The molecule has 1 aromatic carbocycles. The Labute approximate surface area is 162 Å². The van der Waals surface area contributed by atoms with Gasteiger partial charge in [0, 0.05) is 6.54 Å². The van der Waals surface area contributed by atoms with E-state index in [1.165, 1.54) is 0 Å². The van der Waals surface area contributed by atoms with Crippen LogP contribution in [0.1, 0.15) is 13.8 Å². The van der Waals surface area contributed by atoms with Crippen molar-refractivity contribution < 1.29 is 31.7 Å². The van der Waals surface area contributed by atoms with Gasteiger partial charge in [0.2, 0.25) is 15.9 Å². The Bertz CT molecular complexity index is 826. The number of carbonyl (C=O) groups excluding carboxylic acids is 2. The molecule has 1 heterocycles. The van der Waals surface area contributed by atoms with Gasteiger partial charge in [0.15, 0.2) is 6.54 Å². The number of benzene rings is 1. The molecular weight excluding hydrogens is 394 g/mol. The zero-order valence-electron chi connectivity index (χ0n) is 15.8. The summed E-state index contributed by atoms with van der Waals surface area (Å²) in [5, 5.41) is 5.21. The molecule has 1 aliphatic heterocycles. The number of nitrogens with zero attached hydrogens (tertiary/aromatic N) is 1. The van der Waals surface area contributed by atoms with Crippen LogP contribution in [0.3, 0.4) is 0 Å². The summed E-state index contributed by atoms with van der Waals surface area (Å²) in [6.07, 6.45) is 0. The number of likely N-dealkylation sites (N-methyl/N-ethyl adjacent to an activating group) is 1. The average molecular weight is 419 g/mol. The first-order chi connectivity index (χ1) is 13.1. The van der Waals surface area contributed by atoms with Crippen LogP contribution in [-0.4, -0.2) is 69.8 Å². The first kappa shape index (κ1) is 22.2. The van der Waals surface area contributed by atoms with Crippen molar-refractivity contribution >= 4 is 21.8 Å². The molecule has 2 rings (SSSR count). The van der Waals surface area contributed by atoms with Crippen LogP contribution in [0, 0.1) is 11.6 Å². The van der Waals surface area contributed by atoms with E-state index in [1.54, 1.807) is 13.8 Å². The van der Waals surface area contributed by atoms with Gasteiger partial charge in [-0.1, -0.05) is 0 Å². The largest absolute Gasteiger partial charge is 0.355 e. The Morgan fingerprint density at radius 2 is 1.89 bits per heavy atom. The molecule has 3 N–H and O–H groups in total. The van der Waals surface area contributed by atoms with Crippen LogP contribution in [0.5, 0.6) is 0 Å². The first-order valence-electron chi connectivity index (χ1n) is 9.01. The number of amides is 2. The molecule has 28 heavy (non-hydrogen) atoms.